The third kappa shape index (κ3) is 3.78. The lowest BCUT2D eigenvalue weighted by molar-refractivity contribution is -0.205. The number of rotatable bonds is 3. The monoisotopic (exact) mass is 416 g/mol. The number of nitrogens with two attached hydrogens (primary N) is 1. The lowest BCUT2D eigenvalue weighted by Crippen LogP contribution is -2.50. The molecule has 1 aliphatic heterocycles. The van der Waals surface area contributed by atoms with Crippen LogP contribution in [0.15, 0.2) is 41.5 Å². The van der Waals surface area contributed by atoms with E-state index in [1.54, 1.807) is 0 Å². The van der Waals surface area contributed by atoms with Crippen LogP contribution in [0, 0.1) is 5.82 Å². The van der Waals surface area contributed by atoms with Crippen LogP contribution >= 0.6 is 11.6 Å². The molecule has 2 heterocycles. The van der Waals surface area contributed by atoms with Crippen LogP contribution in [0.25, 0.3) is 0 Å². The molecule has 0 bridgehead atoms. The molecule has 2 aromatic rings. The van der Waals surface area contributed by atoms with Crippen LogP contribution in [-0.4, -0.2) is 36.1 Å². The van der Waals surface area contributed by atoms with Gasteiger partial charge in [-0.15, -0.1) is 0 Å². The van der Waals surface area contributed by atoms with Gasteiger partial charge in [-0.05, 0) is 30.3 Å². The van der Waals surface area contributed by atoms with E-state index in [1.807, 2.05) is 0 Å². The van der Waals surface area contributed by atoms with Crippen LogP contribution in [0.5, 0.6) is 0 Å². The fraction of sp³-hybridized carbons (Fsp3) is 0.235. The molecule has 0 saturated carbocycles. The van der Waals surface area contributed by atoms with Gasteiger partial charge in [0.05, 0.1) is 11.6 Å². The number of aromatic nitrogens is 1. The molecule has 1 unspecified atom stereocenters. The van der Waals surface area contributed by atoms with Crippen LogP contribution in [0.3, 0.4) is 0 Å². The van der Waals surface area contributed by atoms with Gasteiger partial charge >= 0.3 is 6.18 Å². The van der Waals surface area contributed by atoms with E-state index in [1.165, 1.54) is 18.3 Å². The number of halogens is 5. The molecule has 1 aromatic heterocycles. The molecule has 0 radical (unpaired) electrons. The Labute approximate surface area is 161 Å². The Hall–Kier alpha value is -2.72. The van der Waals surface area contributed by atoms with E-state index in [4.69, 9.17) is 22.1 Å². The van der Waals surface area contributed by atoms with Crippen molar-refractivity contribution >= 4 is 29.0 Å². The minimum absolute atomic E-state index is 0.0240. The van der Waals surface area contributed by atoms with Crippen molar-refractivity contribution in [2.45, 2.75) is 11.7 Å². The molecule has 1 amide bonds. The molecular formula is C17H13ClF4N4O2. The fourth-order valence-electron chi connectivity index (χ4n) is 2.67. The Morgan fingerprint density at radius 2 is 2.04 bits per heavy atom. The highest BCUT2D eigenvalue weighted by Gasteiger charge is 2.59. The summed E-state index contributed by atoms with van der Waals surface area (Å²) < 4.78 is 60.7. The van der Waals surface area contributed by atoms with Gasteiger partial charge in [0.15, 0.2) is 0 Å². The van der Waals surface area contributed by atoms with Crippen molar-refractivity contribution in [3.05, 3.63) is 58.6 Å². The van der Waals surface area contributed by atoms with Gasteiger partial charge in [-0.1, -0.05) is 11.6 Å². The molecule has 0 fully saturated rings. The Balaban J connectivity index is 2.00. The summed E-state index contributed by atoms with van der Waals surface area (Å²) >= 11 is 5.69. The second-order valence-corrected chi connectivity index (χ2v) is 6.40. The first-order valence-corrected chi connectivity index (χ1v) is 8.22. The van der Waals surface area contributed by atoms with Gasteiger partial charge in [0, 0.05) is 17.4 Å². The smallest absolute Gasteiger partial charge is 0.385 e. The minimum atomic E-state index is -4.99. The number of anilines is 1. The topological polar surface area (TPSA) is 89.6 Å². The number of amidine groups is 1. The molecule has 1 aromatic carbocycles. The van der Waals surface area contributed by atoms with Crippen molar-refractivity contribution in [3.63, 3.8) is 0 Å². The maximum Gasteiger partial charge on any atom is 0.420 e. The first-order chi connectivity index (χ1) is 13.1. The second kappa shape index (κ2) is 7.36. The Morgan fingerprint density at radius 1 is 1.29 bits per heavy atom. The third-order valence-electron chi connectivity index (χ3n) is 3.99. The molecule has 1 aliphatic rings. The number of hydrogen-bond donors (Lipinski definition) is 2. The predicted molar refractivity (Wildman–Crippen MR) is 93.8 cm³/mol. The number of aliphatic imine (C=N–C) groups is 1. The molecule has 0 saturated heterocycles. The average Bonchev–Trinajstić information content (AvgIpc) is 2.62. The molecule has 3 N–H and O–H groups in total. The Kier molecular flexibility index (Phi) is 5.26. The number of ether oxygens (including phenoxy) is 1. The van der Waals surface area contributed by atoms with Crippen LogP contribution in [-0.2, 0) is 10.3 Å². The van der Waals surface area contributed by atoms with Crippen LogP contribution in [0.2, 0.25) is 5.02 Å². The summed E-state index contributed by atoms with van der Waals surface area (Å²) in [4.78, 5) is 19.5. The van der Waals surface area contributed by atoms with Gasteiger partial charge in [0.25, 0.3) is 5.91 Å². The van der Waals surface area contributed by atoms with Crippen molar-refractivity contribution in [1.29, 1.82) is 0 Å². The van der Waals surface area contributed by atoms with Gasteiger partial charge in [0.2, 0.25) is 5.54 Å². The largest absolute Gasteiger partial charge is 0.420 e. The number of nitrogens with zero attached hydrogens (tertiary/aromatic N) is 2. The van der Waals surface area contributed by atoms with Crippen LogP contribution in [0.4, 0.5) is 23.2 Å². The van der Waals surface area contributed by atoms with E-state index >= 15 is 0 Å². The highest BCUT2D eigenvalue weighted by molar-refractivity contribution is 6.30. The number of hydrogen-bond acceptors (Lipinski definition) is 5. The number of nitrogens with one attached hydrogen (secondary N) is 1. The number of alkyl halides is 3. The van der Waals surface area contributed by atoms with Gasteiger partial charge in [-0.2, -0.15) is 13.2 Å². The third-order valence-corrected chi connectivity index (χ3v) is 4.22. The molecule has 1 atom stereocenters. The SMILES string of the molecule is NC1=NC(c2cc(NC(=O)c3ccc(Cl)cn3)ccc2F)(C(F)(F)F)COC1. The minimum Gasteiger partial charge on any atom is -0.385 e. The van der Waals surface area contributed by atoms with E-state index in [2.05, 4.69) is 15.3 Å². The summed E-state index contributed by atoms with van der Waals surface area (Å²) in [7, 11) is 0. The molecular weight excluding hydrogens is 404 g/mol. The Bertz CT molecular complexity index is 934. The zero-order chi connectivity index (χ0) is 20.5. The van der Waals surface area contributed by atoms with Gasteiger partial charge < -0.3 is 15.8 Å². The standard InChI is InChI=1S/C17H13ClF4N4O2/c18-9-1-4-13(24-6-9)15(27)25-10-2-3-12(19)11(5-10)16(17(20,21)22)8-28-7-14(23)26-16/h1-6H,7-8H2,(H2,23,26)(H,25,27). The molecule has 0 spiro atoms. The van der Waals surface area contributed by atoms with Gasteiger partial charge in [-0.3, -0.25) is 4.79 Å². The van der Waals surface area contributed by atoms with Crippen molar-refractivity contribution < 1.29 is 27.1 Å². The van der Waals surface area contributed by atoms with Crippen molar-refractivity contribution in [2.75, 3.05) is 18.5 Å². The number of amides is 1. The van der Waals surface area contributed by atoms with E-state index in [-0.39, 0.29) is 18.0 Å². The van der Waals surface area contributed by atoms with Crippen molar-refractivity contribution in [2.24, 2.45) is 10.7 Å². The van der Waals surface area contributed by atoms with Crippen LogP contribution in [0.1, 0.15) is 16.1 Å². The highest BCUT2D eigenvalue weighted by Crippen LogP contribution is 2.45. The summed E-state index contributed by atoms with van der Waals surface area (Å²) in [5.41, 5.74) is 1.48. The highest BCUT2D eigenvalue weighted by atomic mass is 35.5. The van der Waals surface area contributed by atoms with E-state index in [0.717, 1.165) is 18.2 Å². The number of pyridine rings is 1. The normalized spacial score (nSPS) is 19.8. The van der Waals surface area contributed by atoms with E-state index in [9.17, 15) is 22.4 Å². The average molecular weight is 417 g/mol. The molecule has 148 valence electrons. The first kappa shape index (κ1) is 20.0. The fourth-order valence-corrected chi connectivity index (χ4v) is 2.79. The summed E-state index contributed by atoms with van der Waals surface area (Å²) in [6.45, 7) is -1.23. The summed E-state index contributed by atoms with van der Waals surface area (Å²) in [6.07, 6.45) is -3.75. The molecule has 28 heavy (non-hydrogen) atoms. The lowest BCUT2D eigenvalue weighted by atomic mass is 9.88. The maximum atomic E-state index is 14.4. The number of carbonyl (C=O) groups excluding carboxylic acids is 1. The van der Waals surface area contributed by atoms with E-state index < -0.39 is 41.4 Å². The molecule has 11 heteroatoms. The lowest BCUT2D eigenvalue weighted by Gasteiger charge is -2.35. The maximum absolute atomic E-state index is 14.4. The second-order valence-electron chi connectivity index (χ2n) is 5.96. The quantitative estimate of drug-likeness (QED) is 0.751. The predicted octanol–water partition coefficient (Wildman–Crippen LogP) is 3.27. The Morgan fingerprint density at radius 3 is 2.64 bits per heavy atom. The zero-order valence-electron chi connectivity index (χ0n) is 14.1. The summed E-state index contributed by atoms with van der Waals surface area (Å²) in [6, 6.07) is 5.53. The summed E-state index contributed by atoms with van der Waals surface area (Å²) in [5, 5.41) is 2.67. The number of benzene rings is 1. The zero-order valence-corrected chi connectivity index (χ0v) is 14.8. The molecule has 3 rings (SSSR count). The van der Waals surface area contributed by atoms with Crippen molar-refractivity contribution in [3.8, 4) is 0 Å². The van der Waals surface area contributed by atoms with Crippen LogP contribution < -0.4 is 11.1 Å². The first-order valence-electron chi connectivity index (χ1n) is 7.84. The summed E-state index contributed by atoms with van der Waals surface area (Å²) in [5.74, 6) is -2.29. The van der Waals surface area contributed by atoms with Gasteiger partial charge in [-0.25, -0.2) is 14.4 Å². The van der Waals surface area contributed by atoms with Crippen molar-refractivity contribution in [1.82, 2.24) is 4.98 Å². The van der Waals surface area contributed by atoms with E-state index in [0.29, 0.717) is 5.02 Å². The molecule has 6 nitrogen and oxygen atoms in total. The number of carbonyl (C=O) groups is 1. The molecule has 0 aliphatic carbocycles. The van der Waals surface area contributed by atoms with Gasteiger partial charge in [0.1, 0.15) is 24.0 Å².